The Kier molecular flexibility index (Phi) is 8.11. The molecule has 0 aliphatic carbocycles. The van der Waals surface area contributed by atoms with Gasteiger partial charge in [-0.3, -0.25) is 0 Å². The molecule has 0 saturated carbocycles. The van der Waals surface area contributed by atoms with Crippen molar-refractivity contribution in [1.29, 1.82) is 0 Å². The molecule has 0 amide bonds. The lowest BCUT2D eigenvalue weighted by Crippen LogP contribution is -2.19. The van der Waals surface area contributed by atoms with Crippen LogP contribution in [-0.4, -0.2) is 22.9 Å². The average molecular weight is 405 g/mol. The molecule has 2 aromatic carbocycles. The van der Waals surface area contributed by atoms with E-state index in [0.29, 0.717) is 12.0 Å². The number of rotatable bonds is 8. The van der Waals surface area contributed by atoms with Gasteiger partial charge in [0, 0.05) is 11.4 Å². The summed E-state index contributed by atoms with van der Waals surface area (Å²) in [6.07, 6.45) is 0.342. The normalized spacial score (nSPS) is 12.3. The summed E-state index contributed by atoms with van der Waals surface area (Å²) >= 11 is 11.9. The van der Waals surface area contributed by atoms with Crippen molar-refractivity contribution < 1.29 is 19.4 Å². The fraction of sp³-hybridized carbons (Fsp3) is 0.143. The quantitative estimate of drug-likeness (QED) is 0.173. The summed E-state index contributed by atoms with van der Waals surface area (Å²) in [6, 6.07) is 18.3. The Morgan fingerprint density at radius 2 is 1.52 bits per heavy atom. The van der Waals surface area contributed by atoms with Crippen LogP contribution in [0.15, 0.2) is 82.9 Å². The number of alkyl halides is 1. The van der Waals surface area contributed by atoms with E-state index in [1.165, 1.54) is 5.54 Å². The molecule has 0 aromatic heterocycles. The number of halogens is 2. The number of carbonyl (C=O) groups excluding carboxylic acids is 1. The van der Waals surface area contributed by atoms with Gasteiger partial charge in [-0.1, -0.05) is 72.3 Å². The number of carboxylic acid groups (broad SMARTS) is 1. The second-order valence-electron chi connectivity index (χ2n) is 5.65. The molecular weight excluding hydrogens is 387 g/mol. The van der Waals surface area contributed by atoms with E-state index >= 15 is 0 Å². The number of carboxylic acids is 1. The van der Waals surface area contributed by atoms with E-state index in [4.69, 9.17) is 27.9 Å². The first kappa shape index (κ1) is 20.7. The third kappa shape index (κ3) is 5.98. The van der Waals surface area contributed by atoms with Crippen molar-refractivity contribution in [2.45, 2.75) is 13.0 Å². The maximum Gasteiger partial charge on any atom is 0.346 e. The third-order valence-corrected chi connectivity index (χ3v) is 4.35. The van der Waals surface area contributed by atoms with Crippen molar-refractivity contribution >= 4 is 35.1 Å². The van der Waals surface area contributed by atoms with Crippen LogP contribution >= 0.6 is 23.2 Å². The molecule has 0 aliphatic rings. The van der Waals surface area contributed by atoms with Crippen molar-refractivity contribution in [2.75, 3.05) is 5.88 Å². The van der Waals surface area contributed by atoms with Gasteiger partial charge in [-0.05, 0) is 28.7 Å². The SMILES string of the molecule is O=C(O)C(C(=O)OCc1ccccc1)=C(CCl)C(=CCl)Cc1ccccc1. The van der Waals surface area contributed by atoms with E-state index in [9.17, 15) is 14.7 Å². The molecule has 0 radical (unpaired) electrons. The number of hydrogen-bond donors (Lipinski definition) is 1. The summed E-state index contributed by atoms with van der Waals surface area (Å²) < 4.78 is 5.17. The Balaban J connectivity index is 2.28. The van der Waals surface area contributed by atoms with Gasteiger partial charge in [0.05, 0.1) is 0 Å². The van der Waals surface area contributed by atoms with Crippen LogP contribution in [0.2, 0.25) is 0 Å². The van der Waals surface area contributed by atoms with Crippen LogP contribution in [0.3, 0.4) is 0 Å². The maximum atomic E-state index is 12.4. The molecule has 4 nitrogen and oxygen atoms in total. The lowest BCUT2D eigenvalue weighted by Gasteiger charge is -2.13. The van der Waals surface area contributed by atoms with Crippen molar-refractivity contribution in [3.05, 3.63) is 94.0 Å². The maximum absolute atomic E-state index is 12.4. The minimum Gasteiger partial charge on any atom is -0.477 e. The summed E-state index contributed by atoms with van der Waals surface area (Å²) in [5, 5.41) is 9.57. The first-order chi connectivity index (χ1) is 13.1. The van der Waals surface area contributed by atoms with Crippen molar-refractivity contribution in [2.24, 2.45) is 0 Å². The smallest absolute Gasteiger partial charge is 0.346 e. The fourth-order valence-electron chi connectivity index (χ4n) is 2.47. The largest absolute Gasteiger partial charge is 0.477 e. The Morgan fingerprint density at radius 3 is 2.00 bits per heavy atom. The first-order valence-electron chi connectivity index (χ1n) is 8.13. The molecule has 2 aromatic rings. The van der Waals surface area contributed by atoms with Crippen LogP contribution in [-0.2, 0) is 27.4 Å². The van der Waals surface area contributed by atoms with Gasteiger partial charge in [0.2, 0.25) is 0 Å². The zero-order valence-corrected chi connectivity index (χ0v) is 15.9. The molecule has 140 valence electrons. The highest BCUT2D eigenvalue weighted by Gasteiger charge is 2.26. The highest BCUT2D eigenvalue weighted by Crippen LogP contribution is 2.23. The first-order valence-corrected chi connectivity index (χ1v) is 9.11. The molecule has 0 atom stereocenters. The third-order valence-electron chi connectivity index (χ3n) is 3.82. The number of aliphatic carboxylic acids is 1. The highest BCUT2D eigenvalue weighted by atomic mass is 35.5. The second-order valence-corrected chi connectivity index (χ2v) is 6.14. The number of allylic oxidation sites excluding steroid dienone is 2. The molecule has 0 saturated heterocycles. The lowest BCUT2D eigenvalue weighted by molar-refractivity contribution is -0.145. The summed E-state index contributed by atoms with van der Waals surface area (Å²) in [5.74, 6) is -2.55. The molecule has 27 heavy (non-hydrogen) atoms. The van der Waals surface area contributed by atoms with Gasteiger partial charge >= 0.3 is 11.9 Å². The van der Waals surface area contributed by atoms with Crippen LogP contribution in [0.25, 0.3) is 0 Å². The minimum absolute atomic E-state index is 0.0371. The summed E-state index contributed by atoms with van der Waals surface area (Å²) in [5.41, 5.74) is 2.99. The van der Waals surface area contributed by atoms with Crippen LogP contribution < -0.4 is 0 Å². The van der Waals surface area contributed by atoms with E-state index in [2.05, 4.69) is 0 Å². The minimum atomic E-state index is -1.41. The number of ether oxygens (including phenoxy) is 1. The number of hydrogen-bond acceptors (Lipinski definition) is 3. The highest BCUT2D eigenvalue weighted by molar-refractivity contribution is 6.27. The molecule has 6 heteroatoms. The second kappa shape index (κ2) is 10.6. The van der Waals surface area contributed by atoms with Gasteiger partial charge in [-0.25, -0.2) is 9.59 Å². The van der Waals surface area contributed by atoms with Gasteiger partial charge < -0.3 is 9.84 Å². The number of esters is 1. The predicted molar refractivity (Wildman–Crippen MR) is 106 cm³/mol. The summed E-state index contributed by atoms with van der Waals surface area (Å²) in [4.78, 5) is 24.2. The molecular formula is C21H18Cl2O4. The zero-order chi connectivity index (χ0) is 19.6. The molecule has 1 N–H and O–H groups in total. The molecule has 0 aliphatic heterocycles. The van der Waals surface area contributed by atoms with Crippen LogP contribution in [0.5, 0.6) is 0 Å². The van der Waals surface area contributed by atoms with E-state index in [-0.39, 0.29) is 18.1 Å². The monoisotopic (exact) mass is 404 g/mol. The van der Waals surface area contributed by atoms with Gasteiger partial charge in [0.1, 0.15) is 12.2 Å². The topological polar surface area (TPSA) is 63.6 Å². The number of carbonyl (C=O) groups is 2. The fourth-order valence-corrected chi connectivity index (χ4v) is 2.99. The van der Waals surface area contributed by atoms with E-state index in [1.807, 2.05) is 36.4 Å². The Labute approximate surface area is 167 Å². The van der Waals surface area contributed by atoms with Crippen molar-refractivity contribution in [3.8, 4) is 0 Å². The molecule has 0 spiro atoms. The lowest BCUT2D eigenvalue weighted by atomic mass is 9.96. The van der Waals surface area contributed by atoms with Crippen LogP contribution in [0.1, 0.15) is 11.1 Å². The van der Waals surface area contributed by atoms with Gasteiger partial charge in [-0.15, -0.1) is 11.6 Å². The summed E-state index contributed by atoms with van der Waals surface area (Å²) in [7, 11) is 0. The predicted octanol–water partition coefficient (Wildman–Crippen LogP) is 4.72. The molecule has 2 rings (SSSR count). The van der Waals surface area contributed by atoms with Crippen LogP contribution in [0, 0.1) is 0 Å². The van der Waals surface area contributed by atoms with Crippen molar-refractivity contribution in [3.63, 3.8) is 0 Å². The molecule has 0 unspecified atom stereocenters. The molecule has 0 fully saturated rings. The van der Waals surface area contributed by atoms with E-state index < -0.39 is 17.5 Å². The van der Waals surface area contributed by atoms with Gasteiger partial charge in [0.15, 0.2) is 0 Å². The average Bonchev–Trinajstić information content (AvgIpc) is 2.70. The Morgan fingerprint density at radius 1 is 0.963 bits per heavy atom. The zero-order valence-electron chi connectivity index (χ0n) is 14.4. The molecule has 0 heterocycles. The van der Waals surface area contributed by atoms with E-state index in [0.717, 1.165) is 11.1 Å². The van der Waals surface area contributed by atoms with Crippen LogP contribution in [0.4, 0.5) is 0 Å². The van der Waals surface area contributed by atoms with Crippen molar-refractivity contribution in [1.82, 2.24) is 0 Å². The Hall–Kier alpha value is -2.56. The van der Waals surface area contributed by atoms with Gasteiger partial charge in [-0.2, -0.15) is 0 Å². The Bertz CT molecular complexity index is 843. The van der Waals surface area contributed by atoms with Gasteiger partial charge in [0.25, 0.3) is 0 Å². The molecule has 0 bridgehead atoms. The standard InChI is InChI=1S/C21H18Cl2O4/c22-12-17(11-15-7-3-1-4-8-15)18(13-23)19(20(24)25)21(26)27-14-16-9-5-2-6-10-16/h1-10,12H,11,13-14H2,(H,24,25). The number of benzene rings is 2. The van der Waals surface area contributed by atoms with E-state index in [1.54, 1.807) is 24.3 Å². The summed E-state index contributed by atoms with van der Waals surface area (Å²) in [6.45, 7) is -0.0371.